The summed E-state index contributed by atoms with van der Waals surface area (Å²) >= 11 is 5.83. The smallest absolute Gasteiger partial charge is 0.0782 e. The maximum absolute atomic E-state index is 9.43. The third-order valence-corrected chi connectivity index (χ3v) is 2.36. The maximum Gasteiger partial charge on any atom is 0.0782 e. The summed E-state index contributed by atoms with van der Waals surface area (Å²) in [5, 5.41) is 11.2. The van der Waals surface area contributed by atoms with Gasteiger partial charge in [0.1, 0.15) is 0 Å². The number of hydrogen-bond acceptors (Lipinski definition) is 1. The zero-order valence-electron chi connectivity index (χ0n) is 7.21. The van der Waals surface area contributed by atoms with Crippen LogP contribution in [-0.4, -0.2) is 10.1 Å². The lowest BCUT2D eigenvalue weighted by Crippen LogP contribution is -1.87. The summed E-state index contributed by atoms with van der Waals surface area (Å²) in [7, 11) is 0. The monoisotopic (exact) mass is 195 g/mol. The van der Waals surface area contributed by atoms with Crippen LogP contribution in [0.2, 0.25) is 5.02 Å². The highest BCUT2D eigenvalue weighted by atomic mass is 35.5. The van der Waals surface area contributed by atoms with Crippen LogP contribution in [0.3, 0.4) is 0 Å². The number of aliphatic hydroxyl groups excluding tert-OH is 1. The van der Waals surface area contributed by atoms with Gasteiger partial charge in [0.05, 0.1) is 6.10 Å². The first kappa shape index (κ1) is 8.60. The van der Waals surface area contributed by atoms with Gasteiger partial charge in [-0.25, -0.2) is 0 Å². The van der Waals surface area contributed by atoms with Crippen LogP contribution >= 0.6 is 11.6 Å². The quantitative estimate of drug-likeness (QED) is 0.721. The molecule has 0 bridgehead atoms. The summed E-state index contributed by atoms with van der Waals surface area (Å²) in [6.07, 6.45) is 1.36. The molecule has 0 aliphatic heterocycles. The summed E-state index contributed by atoms with van der Waals surface area (Å²) in [4.78, 5) is 3.07. The van der Waals surface area contributed by atoms with Crippen molar-refractivity contribution in [2.75, 3.05) is 0 Å². The number of fused-ring (bicyclic) bond motifs is 1. The third kappa shape index (κ3) is 1.43. The van der Waals surface area contributed by atoms with Crippen LogP contribution in [0.25, 0.3) is 10.9 Å². The fourth-order valence-corrected chi connectivity index (χ4v) is 1.64. The first-order valence-corrected chi connectivity index (χ1v) is 4.51. The first-order valence-electron chi connectivity index (χ1n) is 4.13. The average molecular weight is 196 g/mol. The largest absolute Gasteiger partial charge is 0.389 e. The molecule has 2 nitrogen and oxygen atoms in total. The van der Waals surface area contributed by atoms with Crippen molar-refractivity contribution in [3.63, 3.8) is 0 Å². The highest BCUT2D eigenvalue weighted by Crippen LogP contribution is 2.25. The number of nitrogens with one attached hydrogen (secondary N) is 1. The van der Waals surface area contributed by atoms with Gasteiger partial charge in [0.15, 0.2) is 0 Å². The number of aromatic nitrogens is 1. The van der Waals surface area contributed by atoms with Gasteiger partial charge in [-0.15, -0.1) is 0 Å². The van der Waals surface area contributed by atoms with Gasteiger partial charge in [0, 0.05) is 27.7 Å². The Morgan fingerprint density at radius 1 is 1.46 bits per heavy atom. The van der Waals surface area contributed by atoms with Crippen LogP contribution in [0.1, 0.15) is 18.6 Å². The molecule has 13 heavy (non-hydrogen) atoms. The normalized spacial score (nSPS) is 13.5. The minimum Gasteiger partial charge on any atom is -0.389 e. The van der Waals surface area contributed by atoms with Crippen LogP contribution in [0, 0.1) is 0 Å². The van der Waals surface area contributed by atoms with Crippen molar-refractivity contribution in [2.45, 2.75) is 13.0 Å². The average Bonchev–Trinajstić information content (AvgIpc) is 2.46. The van der Waals surface area contributed by atoms with Gasteiger partial charge >= 0.3 is 0 Å². The van der Waals surface area contributed by atoms with Gasteiger partial charge in [0.25, 0.3) is 0 Å². The Labute approximate surface area is 81.1 Å². The lowest BCUT2D eigenvalue weighted by molar-refractivity contribution is 0.201. The van der Waals surface area contributed by atoms with Gasteiger partial charge in [-0.2, -0.15) is 0 Å². The van der Waals surface area contributed by atoms with Crippen molar-refractivity contribution < 1.29 is 5.11 Å². The Morgan fingerprint density at radius 3 is 2.92 bits per heavy atom. The van der Waals surface area contributed by atoms with E-state index >= 15 is 0 Å². The van der Waals surface area contributed by atoms with Crippen molar-refractivity contribution in [3.05, 3.63) is 35.0 Å². The van der Waals surface area contributed by atoms with Crippen LogP contribution < -0.4 is 0 Å². The Hall–Kier alpha value is -0.990. The molecule has 0 saturated heterocycles. The highest BCUT2D eigenvalue weighted by Gasteiger charge is 2.07. The molecule has 2 N–H and O–H groups in total. The Morgan fingerprint density at radius 2 is 2.23 bits per heavy atom. The lowest BCUT2D eigenvalue weighted by Gasteiger charge is -2.00. The molecule has 2 aromatic rings. The molecule has 1 atom stereocenters. The zero-order valence-corrected chi connectivity index (χ0v) is 7.97. The number of halogens is 1. The predicted octanol–water partition coefficient (Wildman–Crippen LogP) is 2.87. The molecule has 1 unspecified atom stereocenters. The van der Waals surface area contributed by atoms with E-state index in [1.165, 1.54) is 0 Å². The van der Waals surface area contributed by atoms with E-state index in [1.807, 2.05) is 24.4 Å². The molecule has 0 spiro atoms. The minimum atomic E-state index is -0.449. The molecule has 0 saturated carbocycles. The number of H-pyrrole nitrogens is 1. The molecule has 0 radical (unpaired) electrons. The standard InChI is InChI=1S/C10H10ClNO/c1-6(13)9-5-12-10-4-7(11)2-3-8(9)10/h2-6,12-13H,1H3. The van der Waals surface area contributed by atoms with Crippen LogP contribution in [0.4, 0.5) is 0 Å². The predicted molar refractivity (Wildman–Crippen MR) is 53.9 cm³/mol. The molecular formula is C10H10ClNO. The van der Waals surface area contributed by atoms with Gasteiger partial charge in [0.2, 0.25) is 0 Å². The van der Waals surface area contributed by atoms with Crippen LogP contribution in [0.5, 0.6) is 0 Å². The summed E-state index contributed by atoms with van der Waals surface area (Å²) in [6, 6.07) is 5.59. The molecule has 3 heteroatoms. The molecular weight excluding hydrogens is 186 g/mol. The first-order chi connectivity index (χ1) is 6.18. The topological polar surface area (TPSA) is 36.0 Å². The second-order valence-corrected chi connectivity index (χ2v) is 3.55. The molecule has 0 aliphatic carbocycles. The van der Waals surface area contributed by atoms with E-state index in [4.69, 9.17) is 11.6 Å². The number of aromatic amines is 1. The van der Waals surface area contributed by atoms with E-state index in [0.29, 0.717) is 5.02 Å². The molecule has 0 amide bonds. The fraction of sp³-hybridized carbons (Fsp3) is 0.200. The maximum atomic E-state index is 9.43. The Balaban J connectivity index is 2.69. The Bertz CT molecular complexity index is 433. The molecule has 1 aromatic carbocycles. The van der Waals surface area contributed by atoms with E-state index in [-0.39, 0.29) is 0 Å². The minimum absolute atomic E-state index is 0.449. The molecule has 1 aromatic heterocycles. The molecule has 2 rings (SSSR count). The summed E-state index contributed by atoms with van der Waals surface area (Å²) in [6.45, 7) is 1.75. The van der Waals surface area contributed by atoms with E-state index in [1.54, 1.807) is 6.92 Å². The molecule has 1 heterocycles. The zero-order chi connectivity index (χ0) is 9.42. The lowest BCUT2D eigenvalue weighted by atomic mass is 10.1. The second-order valence-electron chi connectivity index (χ2n) is 3.11. The number of rotatable bonds is 1. The third-order valence-electron chi connectivity index (χ3n) is 2.13. The molecule has 68 valence electrons. The Kier molecular flexibility index (Phi) is 2.02. The molecule has 0 fully saturated rings. The summed E-state index contributed by atoms with van der Waals surface area (Å²) in [5.41, 5.74) is 1.87. The summed E-state index contributed by atoms with van der Waals surface area (Å²) in [5.74, 6) is 0. The van der Waals surface area contributed by atoms with Gasteiger partial charge in [-0.05, 0) is 19.1 Å². The summed E-state index contributed by atoms with van der Waals surface area (Å²) < 4.78 is 0. The van der Waals surface area contributed by atoms with Crippen LogP contribution in [0.15, 0.2) is 24.4 Å². The highest BCUT2D eigenvalue weighted by molar-refractivity contribution is 6.31. The van der Waals surface area contributed by atoms with E-state index in [0.717, 1.165) is 16.5 Å². The number of hydrogen-bond donors (Lipinski definition) is 2. The molecule has 0 aliphatic rings. The fourth-order valence-electron chi connectivity index (χ4n) is 1.47. The van der Waals surface area contributed by atoms with E-state index in [2.05, 4.69) is 4.98 Å². The van der Waals surface area contributed by atoms with E-state index < -0.39 is 6.10 Å². The number of aliphatic hydroxyl groups is 1. The second kappa shape index (κ2) is 3.05. The van der Waals surface area contributed by atoms with Gasteiger partial charge in [-0.3, -0.25) is 0 Å². The van der Waals surface area contributed by atoms with Gasteiger partial charge < -0.3 is 10.1 Å². The van der Waals surface area contributed by atoms with Crippen molar-refractivity contribution in [1.82, 2.24) is 4.98 Å². The number of benzene rings is 1. The van der Waals surface area contributed by atoms with Crippen molar-refractivity contribution in [2.24, 2.45) is 0 Å². The van der Waals surface area contributed by atoms with Crippen molar-refractivity contribution in [1.29, 1.82) is 0 Å². The SMILES string of the molecule is CC(O)c1c[nH]c2cc(Cl)ccc12. The van der Waals surface area contributed by atoms with Crippen molar-refractivity contribution in [3.8, 4) is 0 Å². The van der Waals surface area contributed by atoms with Gasteiger partial charge in [-0.1, -0.05) is 17.7 Å². The van der Waals surface area contributed by atoms with Crippen molar-refractivity contribution >= 4 is 22.5 Å². The van der Waals surface area contributed by atoms with E-state index in [9.17, 15) is 5.11 Å². The van der Waals surface area contributed by atoms with Crippen LogP contribution in [-0.2, 0) is 0 Å².